The third kappa shape index (κ3) is 4.17. The van der Waals surface area contributed by atoms with E-state index in [9.17, 15) is 4.79 Å². The summed E-state index contributed by atoms with van der Waals surface area (Å²) in [4.78, 5) is 12.2. The van der Waals surface area contributed by atoms with Crippen LogP contribution in [-0.4, -0.2) is 17.3 Å². The third-order valence-corrected chi connectivity index (χ3v) is 4.67. The normalized spacial score (nSPS) is 31.8. The highest BCUT2D eigenvalue weighted by molar-refractivity contribution is 6.20. The Kier molecular flexibility index (Phi) is 5.15. The van der Waals surface area contributed by atoms with E-state index in [0.29, 0.717) is 17.3 Å². The van der Waals surface area contributed by atoms with Crippen LogP contribution in [-0.2, 0) is 4.79 Å². The standard InChI is InChI=1S/C14H24ClNO/c15-12-7-9-13(10-8-12)16-14(17)11-5-3-1-2-4-6-11/h11-13H,1-10H2,(H,16,17). The van der Waals surface area contributed by atoms with Crippen molar-refractivity contribution < 1.29 is 4.79 Å². The SMILES string of the molecule is O=C(NC1CCC(Cl)CC1)C1CCCCCC1. The lowest BCUT2D eigenvalue weighted by atomic mass is 9.93. The summed E-state index contributed by atoms with van der Waals surface area (Å²) in [6.07, 6.45) is 11.5. The molecule has 0 aromatic rings. The maximum Gasteiger partial charge on any atom is 0.223 e. The molecule has 98 valence electrons. The van der Waals surface area contributed by atoms with Crippen LogP contribution in [0.4, 0.5) is 0 Å². The molecule has 0 unspecified atom stereocenters. The van der Waals surface area contributed by atoms with Gasteiger partial charge in [-0.3, -0.25) is 4.79 Å². The molecule has 0 spiro atoms. The molecule has 1 N–H and O–H groups in total. The first-order chi connectivity index (χ1) is 8.25. The highest BCUT2D eigenvalue weighted by atomic mass is 35.5. The second-order valence-corrected chi connectivity index (χ2v) is 6.26. The predicted octanol–water partition coefficient (Wildman–Crippen LogP) is 3.62. The first-order valence-electron chi connectivity index (χ1n) is 7.20. The number of amides is 1. The minimum Gasteiger partial charge on any atom is -0.353 e. The Morgan fingerprint density at radius 2 is 1.47 bits per heavy atom. The van der Waals surface area contributed by atoms with Crippen LogP contribution < -0.4 is 5.32 Å². The van der Waals surface area contributed by atoms with E-state index in [1.165, 1.54) is 25.7 Å². The van der Waals surface area contributed by atoms with Crippen LogP contribution in [0.3, 0.4) is 0 Å². The van der Waals surface area contributed by atoms with E-state index in [1.54, 1.807) is 0 Å². The topological polar surface area (TPSA) is 29.1 Å². The fraction of sp³-hybridized carbons (Fsp3) is 0.929. The predicted molar refractivity (Wildman–Crippen MR) is 71.2 cm³/mol. The lowest BCUT2D eigenvalue weighted by molar-refractivity contribution is -0.126. The third-order valence-electron chi connectivity index (χ3n) is 4.23. The van der Waals surface area contributed by atoms with Crippen LogP contribution in [0, 0.1) is 5.92 Å². The number of nitrogens with one attached hydrogen (secondary N) is 1. The van der Waals surface area contributed by atoms with Crippen molar-refractivity contribution in [2.75, 3.05) is 0 Å². The van der Waals surface area contributed by atoms with Gasteiger partial charge in [0.25, 0.3) is 0 Å². The maximum absolute atomic E-state index is 12.2. The van der Waals surface area contributed by atoms with E-state index in [2.05, 4.69) is 5.32 Å². The first kappa shape index (κ1) is 13.2. The molecule has 0 heterocycles. The monoisotopic (exact) mass is 257 g/mol. The van der Waals surface area contributed by atoms with E-state index in [1.807, 2.05) is 0 Å². The molecule has 2 fully saturated rings. The van der Waals surface area contributed by atoms with Gasteiger partial charge in [0.05, 0.1) is 0 Å². The quantitative estimate of drug-likeness (QED) is 0.594. The number of hydrogen-bond donors (Lipinski definition) is 1. The molecular weight excluding hydrogens is 234 g/mol. The lowest BCUT2D eigenvalue weighted by Crippen LogP contribution is -2.41. The van der Waals surface area contributed by atoms with Crippen LogP contribution in [0.25, 0.3) is 0 Å². The van der Waals surface area contributed by atoms with Crippen LogP contribution >= 0.6 is 11.6 Å². The molecule has 0 atom stereocenters. The smallest absolute Gasteiger partial charge is 0.223 e. The summed E-state index contributed by atoms with van der Waals surface area (Å²) >= 11 is 6.08. The molecule has 2 aliphatic carbocycles. The largest absolute Gasteiger partial charge is 0.353 e. The average Bonchev–Trinajstić information content (AvgIpc) is 2.61. The van der Waals surface area contributed by atoms with Gasteiger partial charge in [-0.1, -0.05) is 25.7 Å². The average molecular weight is 258 g/mol. The highest BCUT2D eigenvalue weighted by Gasteiger charge is 2.25. The number of rotatable bonds is 2. The van der Waals surface area contributed by atoms with Crippen LogP contribution in [0.15, 0.2) is 0 Å². The number of carbonyl (C=O) groups excluding carboxylic acids is 1. The van der Waals surface area contributed by atoms with Crippen LogP contribution in [0.5, 0.6) is 0 Å². The Bertz CT molecular complexity index is 241. The number of carbonyl (C=O) groups is 1. The summed E-state index contributed by atoms with van der Waals surface area (Å²) in [6.45, 7) is 0. The van der Waals surface area contributed by atoms with E-state index >= 15 is 0 Å². The molecule has 1 amide bonds. The maximum atomic E-state index is 12.2. The van der Waals surface area contributed by atoms with Crippen molar-refractivity contribution in [3.05, 3.63) is 0 Å². The van der Waals surface area contributed by atoms with Crippen molar-refractivity contribution in [1.29, 1.82) is 0 Å². The van der Waals surface area contributed by atoms with Gasteiger partial charge in [-0.15, -0.1) is 11.6 Å². The van der Waals surface area contributed by atoms with Gasteiger partial charge in [0.1, 0.15) is 0 Å². The number of alkyl halides is 1. The zero-order valence-electron chi connectivity index (χ0n) is 10.6. The first-order valence-corrected chi connectivity index (χ1v) is 7.64. The molecule has 17 heavy (non-hydrogen) atoms. The van der Waals surface area contributed by atoms with E-state index in [4.69, 9.17) is 11.6 Å². The minimum atomic E-state index is 0.284. The second-order valence-electron chi connectivity index (χ2n) is 5.65. The Morgan fingerprint density at radius 3 is 2.06 bits per heavy atom. The van der Waals surface area contributed by atoms with E-state index in [0.717, 1.165) is 38.5 Å². The van der Waals surface area contributed by atoms with Crippen molar-refractivity contribution in [1.82, 2.24) is 5.32 Å². The Hall–Kier alpha value is -0.240. The summed E-state index contributed by atoms with van der Waals surface area (Å²) in [5.74, 6) is 0.594. The van der Waals surface area contributed by atoms with Crippen molar-refractivity contribution in [2.24, 2.45) is 5.92 Å². The van der Waals surface area contributed by atoms with E-state index in [-0.39, 0.29) is 5.92 Å². The highest BCUT2D eigenvalue weighted by Crippen LogP contribution is 2.25. The van der Waals surface area contributed by atoms with Gasteiger partial charge in [-0.2, -0.15) is 0 Å². The molecular formula is C14H24ClNO. The minimum absolute atomic E-state index is 0.284. The Labute approximate surface area is 109 Å². The molecule has 3 heteroatoms. The van der Waals surface area contributed by atoms with Gasteiger partial charge < -0.3 is 5.32 Å². The Balaban J connectivity index is 1.75. The van der Waals surface area contributed by atoms with Gasteiger partial charge in [0.2, 0.25) is 5.91 Å². The van der Waals surface area contributed by atoms with Crippen molar-refractivity contribution in [3.8, 4) is 0 Å². The molecule has 2 saturated carbocycles. The molecule has 2 nitrogen and oxygen atoms in total. The molecule has 2 aliphatic rings. The molecule has 0 radical (unpaired) electrons. The molecule has 0 aromatic heterocycles. The summed E-state index contributed by atoms with van der Waals surface area (Å²) in [6, 6.07) is 0.390. The van der Waals surface area contributed by atoms with Gasteiger partial charge >= 0.3 is 0 Å². The number of halogens is 1. The van der Waals surface area contributed by atoms with Gasteiger partial charge in [0, 0.05) is 17.3 Å². The molecule has 2 rings (SSSR count). The van der Waals surface area contributed by atoms with Crippen LogP contribution in [0.1, 0.15) is 64.2 Å². The summed E-state index contributed by atoms with van der Waals surface area (Å²) in [7, 11) is 0. The van der Waals surface area contributed by atoms with Crippen molar-refractivity contribution in [3.63, 3.8) is 0 Å². The van der Waals surface area contributed by atoms with Gasteiger partial charge in [-0.05, 0) is 38.5 Å². The summed E-state index contributed by atoms with van der Waals surface area (Å²) < 4.78 is 0. The molecule has 0 bridgehead atoms. The molecule has 0 aliphatic heterocycles. The van der Waals surface area contributed by atoms with Gasteiger partial charge in [-0.25, -0.2) is 0 Å². The molecule has 0 aromatic carbocycles. The fourth-order valence-electron chi connectivity index (χ4n) is 3.06. The zero-order chi connectivity index (χ0) is 12.1. The van der Waals surface area contributed by atoms with E-state index < -0.39 is 0 Å². The van der Waals surface area contributed by atoms with Crippen molar-refractivity contribution in [2.45, 2.75) is 75.6 Å². The Morgan fingerprint density at radius 1 is 0.882 bits per heavy atom. The molecule has 0 saturated heterocycles. The summed E-state index contributed by atoms with van der Waals surface area (Å²) in [5.41, 5.74) is 0. The zero-order valence-corrected chi connectivity index (χ0v) is 11.3. The fourth-order valence-corrected chi connectivity index (χ4v) is 3.31. The van der Waals surface area contributed by atoms with Crippen LogP contribution in [0.2, 0.25) is 0 Å². The van der Waals surface area contributed by atoms with Crippen molar-refractivity contribution >= 4 is 17.5 Å². The summed E-state index contributed by atoms with van der Waals surface area (Å²) in [5, 5.41) is 3.57. The number of hydrogen-bond acceptors (Lipinski definition) is 1. The van der Waals surface area contributed by atoms with Gasteiger partial charge in [0.15, 0.2) is 0 Å². The lowest BCUT2D eigenvalue weighted by Gasteiger charge is -2.27. The second kappa shape index (κ2) is 6.63.